The monoisotopic (exact) mass is 391 g/mol. The molecule has 2 N–H and O–H groups in total. The molecule has 0 saturated carbocycles. The van der Waals surface area contributed by atoms with Crippen molar-refractivity contribution in [3.8, 4) is 0 Å². The number of nitrogens with zero attached hydrogens (tertiary/aromatic N) is 1. The second-order valence-electron chi connectivity index (χ2n) is 6.85. The summed E-state index contributed by atoms with van der Waals surface area (Å²) < 4.78 is 1.36. The van der Waals surface area contributed by atoms with Gasteiger partial charge in [-0.15, -0.1) is 0 Å². The third-order valence-electron chi connectivity index (χ3n) is 5.34. The zero-order valence-electron chi connectivity index (χ0n) is 14.7. The van der Waals surface area contributed by atoms with Crippen LogP contribution in [0.25, 0.3) is 5.70 Å². The first-order valence-electron chi connectivity index (χ1n) is 8.71. The van der Waals surface area contributed by atoms with E-state index in [9.17, 15) is 14.4 Å². The van der Waals surface area contributed by atoms with Crippen molar-refractivity contribution in [3.05, 3.63) is 102 Å². The molecule has 6 nitrogen and oxygen atoms in total. The standard InChI is InChI=1S/C21H14ClN3O3/c1-25-19-16(20(27)24-21(25)28)14(10-6-8-11(22)9-7-10)15-17(23-19)12-4-2-3-5-13(12)18(15)26/h2-9,14,23H,1H3,(H,24,27,28). The fraction of sp³-hybridized carbons (Fsp3) is 0.0952. The number of fused-ring (bicyclic) bond motifs is 3. The molecular weight excluding hydrogens is 378 g/mol. The molecule has 0 fully saturated rings. The number of aromatic amines is 1. The molecule has 1 unspecified atom stereocenters. The Morgan fingerprint density at radius 1 is 0.964 bits per heavy atom. The summed E-state index contributed by atoms with van der Waals surface area (Å²) in [6.07, 6.45) is 0. The van der Waals surface area contributed by atoms with Crippen LogP contribution >= 0.6 is 11.6 Å². The van der Waals surface area contributed by atoms with E-state index in [-0.39, 0.29) is 5.78 Å². The molecule has 0 amide bonds. The number of Topliss-reactive ketones (excluding diaryl/α,β-unsaturated/α-hetero) is 1. The van der Waals surface area contributed by atoms with Gasteiger partial charge in [-0.1, -0.05) is 48.0 Å². The first-order chi connectivity index (χ1) is 13.5. The maximum absolute atomic E-state index is 13.2. The van der Waals surface area contributed by atoms with Crippen molar-refractivity contribution < 1.29 is 4.79 Å². The highest BCUT2D eigenvalue weighted by atomic mass is 35.5. The number of carbonyl (C=O) groups excluding carboxylic acids is 1. The van der Waals surface area contributed by atoms with Crippen LogP contribution in [0.2, 0.25) is 5.02 Å². The Kier molecular flexibility index (Phi) is 3.48. The van der Waals surface area contributed by atoms with E-state index in [0.29, 0.717) is 33.2 Å². The van der Waals surface area contributed by atoms with Crippen LogP contribution in [0.1, 0.15) is 33.0 Å². The van der Waals surface area contributed by atoms with Crippen LogP contribution in [0.5, 0.6) is 0 Å². The Hall–Kier alpha value is -3.38. The number of carbonyl (C=O) groups is 1. The molecule has 1 aliphatic heterocycles. The molecule has 1 atom stereocenters. The lowest BCUT2D eigenvalue weighted by molar-refractivity contribution is 0.103. The van der Waals surface area contributed by atoms with Crippen molar-refractivity contribution in [2.24, 2.45) is 7.05 Å². The van der Waals surface area contributed by atoms with Crippen LogP contribution in [0, 0.1) is 0 Å². The van der Waals surface area contributed by atoms with Crippen LogP contribution in [0.4, 0.5) is 5.82 Å². The van der Waals surface area contributed by atoms with Gasteiger partial charge in [-0.25, -0.2) is 4.79 Å². The fourth-order valence-corrected chi connectivity index (χ4v) is 4.15. The number of ketones is 1. The maximum Gasteiger partial charge on any atom is 0.329 e. The summed E-state index contributed by atoms with van der Waals surface area (Å²) in [6, 6.07) is 14.3. The number of hydrogen-bond donors (Lipinski definition) is 2. The first kappa shape index (κ1) is 16.8. The molecular formula is C21H14ClN3O3. The SMILES string of the molecule is Cn1c2c(c(=O)[nH]c1=O)C(c1ccc(Cl)cc1)C1=C(N2)c2ccccc2C1=O. The summed E-state index contributed by atoms with van der Waals surface area (Å²) >= 11 is 6.04. The predicted molar refractivity (Wildman–Crippen MR) is 107 cm³/mol. The van der Waals surface area contributed by atoms with Crippen LogP contribution in [-0.2, 0) is 7.05 Å². The zero-order valence-corrected chi connectivity index (χ0v) is 15.5. The molecule has 2 aliphatic rings. The Morgan fingerprint density at radius 2 is 1.64 bits per heavy atom. The number of aromatic nitrogens is 2. The van der Waals surface area contributed by atoms with Crippen molar-refractivity contribution in [2.45, 2.75) is 5.92 Å². The van der Waals surface area contributed by atoms with Gasteiger partial charge in [-0.3, -0.25) is 19.1 Å². The van der Waals surface area contributed by atoms with E-state index in [0.717, 1.165) is 11.1 Å². The quantitative estimate of drug-likeness (QED) is 0.668. The summed E-state index contributed by atoms with van der Waals surface area (Å²) in [5.74, 6) is -0.354. The van der Waals surface area contributed by atoms with Crippen molar-refractivity contribution in [1.82, 2.24) is 9.55 Å². The minimum absolute atomic E-state index is 0.128. The number of allylic oxidation sites excluding steroid dienone is 1. The third-order valence-corrected chi connectivity index (χ3v) is 5.59. The van der Waals surface area contributed by atoms with Crippen LogP contribution < -0.4 is 16.6 Å². The molecule has 0 bridgehead atoms. The van der Waals surface area contributed by atoms with Gasteiger partial charge in [0.15, 0.2) is 5.78 Å². The van der Waals surface area contributed by atoms with Crippen LogP contribution in [0.15, 0.2) is 63.7 Å². The zero-order chi connectivity index (χ0) is 19.6. The molecule has 7 heteroatoms. The maximum atomic E-state index is 13.2. The topological polar surface area (TPSA) is 84.0 Å². The lowest BCUT2D eigenvalue weighted by Crippen LogP contribution is -2.37. The van der Waals surface area contributed by atoms with Crippen molar-refractivity contribution in [1.29, 1.82) is 0 Å². The lowest BCUT2D eigenvalue weighted by Gasteiger charge is -2.29. The van der Waals surface area contributed by atoms with E-state index >= 15 is 0 Å². The third kappa shape index (κ3) is 2.18. The molecule has 0 saturated heterocycles. The van der Waals surface area contributed by atoms with E-state index in [4.69, 9.17) is 11.6 Å². The van der Waals surface area contributed by atoms with Crippen molar-refractivity contribution >= 4 is 28.9 Å². The molecule has 138 valence electrons. The number of anilines is 1. The highest BCUT2D eigenvalue weighted by molar-refractivity contribution is 6.30. The van der Waals surface area contributed by atoms with E-state index in [2.05, 4.69) is 10.3 Å². The van der Waals surface area contributed by atoms with E-state index < -0.39 is 17.2 Å². The van der Waals surface area contributed by atoms with Gasteiger partial charge in [-0.05, 0) is 17.7 Å². The van der Waals surface area contributed by atoms with Gasteiger partial charge in [0, 0.05) is 34.7 Å². The van der Waals surface area contributed by atoms with Gasteiger partial charge in [0.2, 0.25) is 0 Å². The largest absolute Gasteiger partial charge is 0.340 e. The van der Waals surface area contributed by atoms with Crippen molar-refractivity contribution in [2.75, 3.05) is 5.32 Å². The van der Waals surface area contributed by atoms with Gasteiger partial charge < -0.3 is 5.32 Å². The Labute approximate surface area is 164 Å². The average Bonchev–Trinajstić information content (AvgIpc) is 2.98. The number of nitrogens with one attached hydrogen (secondary N) is 2. The van der Waals surface area contributed by atoms with E-state index in [1.165, 1.54) is 4.57 Å². The molecule has 2 heterocycles. The van der Waals surface area contributed by atoms with Gasteiger partial charge in [0.25, 0.3) is 5.56 Å². The van der Waals surface area contributed by atoms with Gasteiger partial charge >= 0.3 is 5.69 Å². The Balaban J connectivity index is 1.87. The summed E-state index contributed by atoms with van der Waals surface area (Å²) in [7, 11) is 1.58. The number of H-pyrrole nitrogens is 1. The minimum atomic E-state index is -0.612. The van der Waals surface area contributed by atoms with E-state index in [1.807, 2.05) is 18.2 Å². The smallest absolute Gasteiger partial charge is 0.329 e. The molecule has 1 aliphatic carbocycles. The highest BCUT2D eigenvalue weighted by Gasteiger charge is 2.42. The van der Waals surface area contributed by atoms with Gasteiger partial charge in [-0.2, -0.15) is 0 Å². The second kappa shape index (κ2) is 5.81. The second-order valence-corrected chi connectivity index (χ2v) is 7.29. The minimum Gasteiger partial charge on any atom is -0.340 e. The molecule has 28 heavy (non-hydrogen) atoms. The number of hydrogen-bond acceptors (Lipinski definition) is 4. The van der Waals surface area contributed by atoms with Crippen LogP contribution in [0.3, 0.4) is 0 Å². The van der Waals surface area contributed by atoms with Gasteiger partial charge in [0.1, 0.15) is 5.82 Å². The molecule has 1 aromatic heterocycles. The Morgan fingerprint density at radius 3 is 2.36 bits per heavy atom. The summed E-state index contributed by atoms with van der Waals surface area (Å²) in [5.41, 5.74) is 2.53. The summed E-state index contributed by atoms with van der Waals surface area (Å²) in [6.45, 7) is 0. The average molecular weight is 392 g/mol. The fourth-order valence-electron chi connectivity index (χ4n) is 4.02. The normalized spacial score (nSPS) is 17.1. The molecule has 2 aromatic carbocycles. The highest BCUT2D eigenvalue weighted by Crippen LogP contribution is 2.47. The van der Waals surface area contributed by atoms with Gasteiger partial charge in [0.05, 0.1) is 11.3 Å². The molecule has 0 spiro atoms. The van der Waals surface area contributed by atoms with E-state index in [1.54, 1.807) is 37.4 Å². The summed E-state index contributed by atoms with van der Waals surface area (Å²) in [4.78, 5) is 40.6. The lowest BCUT2D eigenvalue weighted by atomic mass is 9.81. The predicted octanol–water partition coefficient (Wildman–Crippen LogP) is 2.89. The number of benzene rings is 2. The molecule has 0 radical (unpaired) electrons. The number of halogens is 1. The molecule has 3 aromatic rings. The van der Waals surface area contributed by atoms with Crippen LogP contribution in [-0.4, -0.2) is 15.3 Å². The van der Waals surface area contributed by atoms with Crippen molar-refractivity contribution in [3.63, 3.8) is 0 Å². The first-order valence-corrected chi connectivity index (χ1v) is 9.09. The number of rotatable bonds is 1. The summed E-state index contributed by atoms with van der Waals surface area (Å²) in [5, 5.41) is 3.74. The Bertz CT molecular complexity index is 1320. The molecule has 5 rings (SSSR count).